The van der Waals surface area contributed by atoms with Crippen LogP contribution >= 0.6 is 0 Å². The third-order valence-electron chi connectivity index (χ3n) is 3.84. The van der Waals surface area contributed by atoms with E-state index in [0.717, 1.165) is 12.1 Å². The molecule has 0 fully saturated rings. The molecule has 0 unspecified atom stereocenters. The Morgan fingerprint density at radius 1 is 1.21 bits per heavy atom. The molecule has 2 aromatic heterocycles. The number of rotatable bonds is 6. The maximum absolute atomic E-state index is 13.0. The number of hydrogen-bond acceptors (Lipinski definition) is 5. The van der Waals surface area contributed by atoms with Crippen molar-refractivity contribution in [2.24, 2.45) is 0 Å². The van der Waals surface area contributed by atoms with E-state index in [1.807, 2.05) is 0 Å². The highest BCUT2D eigenvalue weighted by Gasteiger charge is 2.31. The van der Waals surface area contributed by atoms with Crippen LogP contribution in [0.1, 0.15) is 11.1 Å². The van der Waals surface area contributed by atoms with Gasteiger partial charge >= 0.3 is 6.18 Å². The van der Waals surface area contributed by atoms with Crippen LogP contribution in [0.5, 0.6) is 0 Å². The third-order valence-corrected chi connectivity index (χ3v) is 3.84. The van der Waals surface area contributed by atoms with E-state index in [1.54, 1.807) is 37.4 Å². The fourth-order valence-corrected chi connectivity index (χ4v) is 2.49. The predicted molar refractivity (Wildman–Crippen MR) is 100 cm³/mol. The normalized spacial score (nSPS) is 11.2. The number of nitrogens with one attached hydrogen (secondary N) is 2. The van der Waals surface area contributed by atoms with Gasteiger partial charge in [0.05, 0.1) is 12.1 Å². The number of amides is 1. The highest BCUT2D eigenvalue weighted by Crippen LogP contribution is 2.32. The zero-order valence-corrected chi connectivity index (χ0v) is 15.4. The van der Waals surface area contributed by atoms with Crippen molar-refractivity contribution in [1.29, 1.82) is 0 Å². The Bertz CT molecular complexity index is 1030. The van der Waals surface area contributed by atoms with Gasteiger partial charge in [-0.25, -0.2) is 14.6 Å². The Kier molecular flexibility index (Phi) is 5.62. The van der Waals surface area contributed by atoms with Crippen molar-refractivity contribution in [2.45, 2.75) is 19.6 Å². The molecule has 0 radical (unpaired) electrons. The summed E-state index contributed by atoms with van der Waals surface area (Å²) in [5.41, 5.74) is 5.18. The molecule has 3 aromatic rings. The minimum atomic E-state index is -4.46. The molecule has 10 heteroatoms. The lowest BCUT2D eigenvalue weighted by Gasteiger charge is -2.09. The number of nitrogens with zero attached hydrogens (tertiary/aromatic N) is 4. The first-order valence-corrected chi connectivity index (χ1v) is 8.46. The number of carbonyl (C=O) groups is 1. The summed E-state index contributed by atoms with van der Waals surface area (Å²) in [4.78, 5) is 20.2. The average Bonchev–Trinajstić information content (AvgIpc) is 3.14. The van der Waals surface area contributed by atoms with Crippen molar-refractivity contribution in [3.63, 3.8) is 0 Å². The summed E-state index contributed by atoms with van der Waals surface area (Å²) in [7, 11) is 0. The Morgan fingerprint density at radius 2 is 2.00 bits per heavy atom. The number of hydrogen-bond donors (Lipinski definition) is 2. The lowest BCUT2D eigenvalue weighted by molar-refractivity contribution is -0.137. The number of alkyl halides is 3. The van der Waals surface area contributed by atoms with Crippen LogP contribution in [0, 0.1) is 6.92 Å². The number of hydrazine groups is 1. The third kappa shape index (κ3) is 5.18. The average molecular weight is 402 g/mol. The number of aromatic nitrogens is 4. The van der Waals surface area contributed by atoms with Crippen molar-refractivity contribution in [3.05, 3.63) is 72.2 Å². The van der Waals surface area contributed by atoms with E-state index in [1.165, 1.54) is 11.0 Å². The second kappa shape index (κ2) is 8.13. The zero-order valence-electron chi connectivity index (χ0n) is 15.4. The van der Waals surface area contributed by atoms with E-state index in [4.69, 9.17) is 0 Å². The quantitative estimate of drug-likeness (QED) is 0.488. The van der Waals surface area contributed by atoms with Crippen molar-refractivity contribution in [1.82, 2.24) is 25.2 Å². The highest BCUT2D eigenvalue weighted by molar-refractivity contribution is 5.93. The first-order chi connectivity index (χ1) is 13.7. The van der Waals surface area contributed by atoms with Crippen molar-refractivity contribution >= 4 is 11.7 Å². The molecular formula is C19H17F3N6O. The van der Waals surface area contributed by atoms with Gasteiger partial charge in [0, 0.05) is 17.3 Å². The fourth-order valence-electron chi connectivity index (χ4n) is 2.49. The number of pyridine rings is 1. The van der Waals surface area contributed by atoms with Crippen LogP contribution < -0.4 is 10.9 Å². The van der Waals surface area contributed by atoms with Gasteiger partial charge in [-0.15, -0.1) is 0 Å². The van der Waals surface area contributed by atoms with Crippen LogP contribution in [0.25, 0.3) is 11.4 Å². The maximum atomic E-state index is 13.0. The van der Waals surface area contributed by atoms with Gasteiger partial charge < -0.3 is 0 Å². The van der Waals surface area contributed by atoms with Gasteiger partial charge in [0.25, 0.3) is 5.91 Å². The molecule has 0 aliphatic rings. The van der Waals surface area contributed by atoms with E-state index >= 15 is 0 Å². The van der Waals surface area contributed by atoms with Gasteiger partial charge in [-0.05, 0) is 42.8 Å². The standard InChI is InChI=1S/C19H17F3N6O/c1-12-7-14(9-15(8-12)19(20,21)22)17-24-11-28(27-17)10-13(2)18(29)26-25-16-5-3-4-6-23-16/h3-9,11H,2,10H2,1H3,(H,23,25)(H,26,29). The van der Waals surface area contributed by atoms with Crippen LogP contribution in [0.2, 0.25) is 0 Å². The Labute approximate surface area is 164 Å². The van der Waals surface area contributed by atoms with Crippen LogP contribution in [0.15, 0.2) is 61.1 Å². The van der Waals surface area contributed by atoms with Gasteiger partial charge in [0.1, 0.15) is 12.1 Å². The molecule has 150 valence electrons. The summed E-state index contributed by atoms with van der Waals surface area (Å²) in [5.74, 6) is 0.0956. The molecule has 1 amide bonds. The first-order valence-electron chi connectivity index (χ1n) is 8.46. The monoisotopic (exact) mass is 402 g/mol. The van der Waals surface area contributed by atoms with Crippen LogP contribution in [-0.2, 0) is 17.5 Å². The molecule has 2 heterocycles. The van der Waals surface area contributed by atoms with Gasteiger partial charge in [-0.2, -0.15) is 18.3 Å². The van der Waals surface area contributed by atoms with Gasteiger partial charge in [-0.1, -0.05) is 12.6 Å². The first kappa shape index (κ1) is 20.1. The highest BCUT2D eigenvalue weighted by atomic mass is 19.4. The van der Waals surface area contributed by atoms with Crippen molar-refractivity contribution in [3.8, 4) is 11.4 Å². The second-order valence-corrected chi connectivity index (χ2v) is 6.25. The van der Waals surface area contributed by atoms with E-state index in [-0.39, 0.29) is 23.5 Å². The number of carbonyl (C=O) groups excluding carboxylic acids is 1. The second-order valence-electron chi connectivity index (χ2n) is 6.25. The maximum Gasteiger partial charge on any atom is 0.416 e. The smallest absolute Gasteiger partial charge is 0.282 e. The summed E-state index contributed by atoms with van der Waals surface area (Å²) in [5, 5.41) is 4.15. The molecule has 0 spiro atoms. The number of anilines is 1. The summed E-state index contributed by atoms with van der Waals surface area (Å²) in [6.45, 7) is 5.28. The number of benzene rings is 1. The molecule has 3 rings (SSSR count). The van der Waals surface area contributed by atoms with Crippen LogP contribution in [-0.4, -0.2) is 25.7 Å². The molecule has 0 aliphatic carbocycles. The van der Waals surface area contributed by atoms with Gasteiger partial charge in [0.15, 0.2) is 5.82 Å². The molecule has 0 atom stereocenters. The minimum absolute atomic E-state index is 0.0146. The largest absolute Gasteiger partial charge is 0.416 e. The molecule has 0 aliphatic heterocycles. The molecule has 2 N–H and O–H groups in total. The summed E-state index contributed by atoms with van der Waals surface area (Å²) >= 11 is 0. The van der Waals surface area contributed by atoms with Gasteiger partial charge in [-0.3, -0.25) is 15.6 Å². The van der Waals surface area contributed by atoms with Crippen molar-refractivity contribution < 1.29 is 18.0 Å². The Morgan fingerprint density at radius 3 is 2.69 bits per heavy atom. The molecule has 0 saturated carbocycles. The number of halogens is 3. The molecule has 0 saturated heterocycles. The fraction of sp³-hybridized carbons (Fsp3) is 0.158. The lowest BCUT2D eigenvalue weighted by Crippen LogP contribution is -2.32. The van der Waals surface area contributed by atoms with Crippen molar-refractivity contribution in [2.75, 3.05) is 5.43 Å². The Balaban J connectivity index is 1.66. The Hall–Kier alpha value is -3.69. The topological polar surface area (TPSA) is 84.7 Å². The molecular weight excluding hydrogens is 385 g/mol. The number of aryl methyl sites for hydroxylation is 1. The predicted octanol–water partition coefficient (Wildman–Crippen LogP) is 3.37. The summed E-state index contributed by atoms with van der Waals surface area (Å²) < 4.78 is 40.4. The SMILES string of the molecule is C=C(Cn1cnc(-c2cc(C)cc(C(F)(F)F)c2)n1)C(=O)NNc1ccccn1. The van der Waals surface area contributed by atoms with Gasteiger partial charge in [0.2, 0.25) is 0 Å². The van der Waals surface area contributed by atoms with E-state index < -0.39 is 17.6 Å². The molecule has 7 nitrogen and oxygen atoms in total. The summed E-state index contributed by atoms with van der Waals surface area (Å²) in [6, 6.07) is 8.77. The zero-order chi connectivity index (χ0) is 21.0. The van der Waals surface area contributed by atoms with Crippen LogP contribution in [0.4, 0.5) is 19.0 Å². The van der Waals surface area contributed by atoms with E-state index in [9.17, 15) is 18.0 Å². The summed E-state index contributed by atoms with van der Waals surface area (Å²) in [6.07, 6.45) is -1.57. The van der Waals surface area contributed by atoms with Crippen LogP contribution in [0.3, 0.4) is 0 Å². The van der Waals surface area contributed by atoms with E-state index in [2.05, 4.69) is 32.5 Å². The van der Waals surface area contributed by atoms with E-state index in [0.29, 0.717) is 11.4 Å². The minimum Gasteiger partial charge on any atom is -0.282 e. The lowest BCUT2D eigenvalue weighted by atomic mass is 10.1. The molecule has 1 aromatic carbocycles. The molecule has 0 bridgehead atoms. The molecule has 29 heavy (non-hydrogen) atoms.